The Balaban J connectivity index is 2.07. The van der Waals surface area contributed by atoms with E-state index in [-0.39, 0.29) is 17.2 Å². The molecule has 3 heteroatoms. The fourth-order valence-corrected chi connectivity index (χ4v) is 1.15. The average Bonchev–Trinajstić information content (AvgIpc) is 2.87. The summed E-state index contributed by atoms with van der Waals surface area (Å²) in [5.74, 6) is 0.815. The van der Waals surface area contributed by atoms with Crippen molar-refractivity contribution < 1.29 is 14.9 Å². The van der Waals surface area contributed by atoms with Gasteiger partial charge in [-0.15, -0.1) is 0 Å². The number of phenolic OH excluding ortho intramolecular Hbond substituents is 2. The highest BCUT2D eigenvalue weighted by Gasteiger charge is 2.23. The number of phenols is 2. The molecule has 1 aliphatic rings. The van der Waals surface area contributed by atoms with Crippen molar-refractivity contribution in [2.75, 3.05) is 6.61 Å². The molecule has 0 atom stereocenters. The van der Waals surface area contributed by atoms with Gasteiger partial charge in [0.25, 0.3) is 0 Å². The minimum atomic E-state index is 0.000602. The summed E-state index contributed by atoms with van der Waals surface area (Å²) < 4.78 is 5.29. The smallest absolute Gasteiger partial charge is 0.203 e. The summed E-state index contributed by atoms with van der Waals surface area (Å²) in [6.07, 6.45) is 2.38. The van der Waals surface area contributed by atoms with Crippen LogP contribution in [0.4, 0.5) is 0 Å². The lowest BCUT2D eigenvalue weighted by molar-refractivity contribution is 0.270. The molecule has 1 aromatic carbocycles. The van der Waals surface area contributed by atoms with Crippen LogP contribution in [0.2, 0.25) is 0 Å². The molecule has 0 amide bonds. The van der Waals surface area contributed by atoms with E-state index < -0.39 is 0 Å². The molecule has 13 heavy (non-hydrogen) atoms. The first kappa shape index (κ1) is 8.23. The van der Waals surface area contributed by atoms with Gasteiger partial charge in [0.15, 0.2) is 11.5 Å². The molecule has 0 bridgehead atoms. The Morgan fingerprint density at radius 3 is 2.38 bits per heavy atom. The summed E-state index contributed by atoms with van der Waals surface area (Å²) in [6.45, 7) is 0.588. The third-order valence-corrected chi connectivity index (χ3v) is 2.13. The molecule has 2 rings (SSSR count). The third-order valence-electron chi connectivity index (χ3n) is 2.13. The molecular weight excluding hydrogens is 168 g/mol. The van der Waals surface area contributed by atoms with Crippen LogP contribution >= 0.6 is 0 Å². The highest BCUT2D eigenvalue weighted by atomic mass is 16.5. The fraction of sp³-hybridized carbons (Fsp3) is 0.400. The molecule has 1 saturated carbocycles. The number of hydrogen-bond donors (Lipinski definition) is 2. The van der Waals surface area contributed by atoms with Crippen LogP contribution in [-0.4, -0.2) is 16.8 Å². The molecule has 0 heterocycles. The van der Waals surface area contributed by atoms with Gasteiger partial charge in [-0.05, 0) is 30.9 Å². The Bertz CT molecular complexity index is 285. The van der Waals surface area contributed by atoms with Gasteiger partial charge >= 0.3 is 0 Å². The zero-order valence-corrected chi connectivity index (χ0v) is 7.23. The van der Waals surface area contributed by atoms with E-state index in [1.807, 2.05) is 0 Å². The van der Waals surface area contributed by atoms with E-state index in [1.165, 1.54) is 25.0 Å². The average molecular weight is 180 g/mol. The zero-order chi connectivity index (χ0) is 9.26. The number of aromatic hydroxyl groups is 2. The van der Waals surface area contributed by atoms with Crippen LogP contribution in [0.3, 0.4) is 0 Å². The van der Waals surface area contributed by atoms with Gasteiger partial charge in [-0.2, -0.15) is 0 Å². The zero-order valence-electron chi connectivity index (χ0n) is 7.23. The largest absolute Gasteiger partial charge is 0.504 e. The van der Waals surface area contributed by atoms with Crippen molar-refractivity contribution in [3.8, 4) is 17.2 Å². The van der Waals surface area contributed by atoms with Crippen LogP contribution in [-0.2, 0) is 0 Å². The van der Waals surface area contributed by atoms with E-state index >= 15 is 0 Å². The van der Waals surface area contributed by atoms with Gasteiger partial charge < -0.3 is 14.9 Å². The van der Waals surface area contributed by atoms with Gasteiger partial charge in [0, 0.05) is 0 Å². The highest BCUT2D eigenvalue weighted by Crippen LogP contribution is 2.37. The standard InChI is InChI=1S/C10H12O3/c11-8-2-1-3-9(12)10(8)13-6-7-4-5-7/h1-3,7,11-12H,4-6H2. The van der Waals surface area contributed by atoms with E-state index in [9.17, 15) is 10.2 Å². The van der Waals surface area contributed by atoms with Crippen molar-refractivity contribution in [1.29, 1.82) is 0 Å². The monoisotopic (exact) mass is 180 g/mol. The second-order valence-electron chi connectivity index (χ2n) is 3.38. The lowest BCUT2D eigenvalue weighted by Crippen LogP contribution is -1.99. The van der Waals surface area contributed by atoms with Crippen LogP contribution in [0.25, 0.3) is 0 Å². The Hall–Kier alpha value is -1.38. The first-order valence-corrected chi connectivity index (χ1v) is 4.41. The Kier molecular flexibility index (Phi) is 2.00. The third kappa shape index (κ3) is 1.86. The van der Waals surface area contributed by atoms with Crippen molar-refractivity contribution in [1.82, 2.24) is 0 Å². The molecular formula is C10H12O3. The fourth-order valence-electron chi connectivity index (χ4n) is 1.15. The van der Waals surface area contributed by atoms with Crippen molar-refractivity contribution >= 4 is 0 Å². The van der Waals surface area contributed by atoms with Gasteiger partial charge in [0.05, 0.1) is 6.61 Å². The van der Waals surface area contributed by atoms with E-state index in [0.29, 0.717) is 12.5 Å². The quantitative estimate of drug-likeness (QED) is 0.746. The summed E-state index contributed by atoms with van der Waals surface area (Å²) in [5, 5.41) is 18.7. The molecule has 3 nitrogen and oxygen atoms in total. The number of hydrogen-bond acceptors (Lipinski definition) is 3. The van der Waals surface area contributed by atoms with Crippen molar-refractivity contribution in [3.63, 3.8) is 0 Å². The van der Waals surface area contributed by atoms with Crippen LogP contribution in [0.15, 0.2) is 18.2 Å². The lowest BCUT2D eigenvalue weighted by atomic mass is 10.3. The van der Waals surface area contributed by atoms with E-state index in [0.717, 1.165) is 0 Å². The predicted octanol–water partition coefficient (Wildman–Crippen LogP) is 1.89. The molecule has 0 saturated heterocycles. The molecule has 0 unspecified atom stereocenters. The van der Waals surface area contributed by atoms with Crippen molar-refractivity contribution in [2.24, 2.45) is 5.92 Å². The number of ether oxygens (including phenoxy) is 1. The maximum Gasteiger partial charge on any atom is 0.203 e. The molecule has 1 aromatic rings. The molecule has 0 spiro atoms. The summed E-state index contributed by atoms with van der Waals surface area (Å²) in [4.78, 5) is 0. The van der Waals surface area contributed by atoms with E-state index in [4.69, 9.17) is 4.74 Å². The van der Waals surface area contributed by atoms with Gasteiger partial charge in [-0.25, -0.2) is 0 Å². The minimum Gasteiger partial charge on any atom is -0.504 e. The van der Waals surface area contributed by atoms with E-state index in [1.54, 1.807) is 6.07 Å². The SMILES string of the molecule is Oc1cccc(O)c1OCC1CC1. The van der Waals surface area contributed by atoms with Crippen molar-refractivity contribution in [3.05, 3.63) is 18.2 Å². The minimum absolute atomic E-state index is 0.000602. The first-order chi connectivity index (χ1) is 6.27. The van der Waals surface area contributed by atoms with Gasteiger partial charge in [-0.3, -0.25) is 0 Å². The summed E-state index contributed by atoms with van der Waals surface area (Å²) in [6, 6.07) is 4.58. The van der Waals surface area contributed by atoms with Crippen molar-refractivity contribution in [2.45, 2.75) is 12.8 Å². The topological polar surface area (TPSA) is 49.7 Å². The predicted molar refractivity (Wildman–Crippen MR) is 48.0 cm³/mol. The second kappa shape index (κ2) is 3.17. The van der Waals surface area contributed by atoms with E-state index in [2.05, 4.69) is 0 Å². The molecule has 0 aliphatic heterocycles. The summed E-state index contributed by atoms with van der Waals surface area (Å²) in [5.41, 5.74) is 0. The molecule has 1 fully saturated rings. The maximum atomic E-state index is 9.34. The molecule has 70 valence electrons. The highest BCUT2D eigenvalue weighted by molar-refractivity contribution is 5.49. The normalized spacial score (nSPS) is 15.7. The molecule has 0 aromatic heterocycles. The van der Waals surface area contributed by atoms with Crippen LogP contribution < -0.4 is 4.74 Å². The maximum absolute atomic E-state index is 9.34. The van der Waals surface area contributed by atoms with Gasteiger partial charge in [0.1, 0.15) is 0 Å². The summed E-state index contributed by atoms with van der Waals surface area (Å²) in [7, 11) is 0. The Morgan fingerprint density at radius 2 is 1.85 bits per heavy atom. The number of para-hydroxylation sites is 1. The Morgan fingerprint density at radius 1 is 1.23 bits per heavy atom. The van der Waals surface area contributed by atoms with Gasteiger partial charge in [-0.1, -0.05) is 6.07 Å². The number of benzene rings is 1. The number of rotatable bonds is 3. The van der Waals surface area contributed by atoms with Crippen LogP contribution in [0.5, 0.6) is 17.2 Å². The molecule has 0 radical (unpaired) electrons. The lowest BCUT2D eigenvalue weighted by Gasteiger charge is -2.08. The van der Waals surface area contributed by atoms with Crippen LogP contribution in [0.1, 0.15) is 12.8 Å². The molecule has 2 N–H and O–H groups in total. The first-order valence-electron chi connectivity index (χ1n) is 4.41. The summed E-state index contributed by atoms with van der Waals surface area (Å²) >= 11 is 0. The molecule has 1 aliphatic carbocycles. The second-order valence-corrected chi connectivity index (χ2v) is 3.38. The Labute approximate surface area is 76.6 Å². The van der Waals surface area contributed by atoms with Crippen LogP contribution in [0, 0.1) is 5.92 Å². The van der Waals surface area contributed by atoms with Gasteiger partial charge in [0.2, 0.25) is 5.75 Å².